The van der Waals surface area contributed by atoms with Gasteiger partial charge < -0.3 is 4.90 Å². The fourth-order valence-corrected chi connectivity index (χ4v) is 2.94. The minimum atomic E-state index is -0.252. The van der Waals surface area contributed by atoms with E-state index in [1.54, 1.807) is 42.3 Å². The van der Waals surface area contributed by atoms with Gasteiger partial charge in [0.05, 0.1) is 5.39 Å². The lowest BCUT2D eigenvalue weighted by Gasteiger charge is -2.19. The van der Waals surface area contributed by atoms with E-state index in [1.807, 2.05) is 25.1 Å². The van der Waals surface area contributed by atoms with Gasteiger partial charge in [-0.1, -0.05) is 48.0 Å². The van der Waals surface area contributed by atoms with E-state index >= 15 is 0 Å². The fourth-order valence-electron chi connectivity index (χ4n) is 2.74. The molecule has 0 bridgehead atoms. The Balaban J connectivity index is 2.03. The molecule has 25 heavy (non-hydrogen) atoms. The number of amides is 1. The maximum absolute atomic E-state index is 13.0. The summed E-state index contributed by atoms with van der Waals surface area (Å²) in [6.07, 6.45) is 0. The first-order valence-electron chi connectivity index (χ1n) is 8.01. The third-order valence-corrected chi connectivity index (χ3v) is 4.45. The first-order chi connectivity index (χ1) is 12.0. The largest absolute Gasteiger partial charge is 0.336 e. The molecule has 3 rings (SSSR count). The fraction of sp³-hybridized carbons (Fsp3) is 0.211. The summed E-state index contributed by atoms with van der Waals surface area (Å²) in [5.74, 6) is -0.252. The highest BCUT2D eigenvalue weighted by molar-refractivity contribution is 6.31. The molecule has 0 aliphatic heterocycles. The second-order valence-electron chi connectivity index (χ2n) is 5.77. The van der Waals surface area contributed by atoms with Gasteiger partial charge in [-0.05, 0) is 24.6 Å². The lowest BCUT2D eigenvalue weighted by molar-refractivity contribution is 0.0779. The number of aromatic nitrogens is 2. The van der Waals surface area contributed by atoms with Gasteiger partial charge in [0.15, 0.2) is 5.69 Å². The van der Waals surface area contributed by atoms with Gasteiger partial charge in [-0.2, -0.15) is 5.10 Å². The van der Waals surface area contributed by atoms with Crippen LogP contribution in [0.5, 0.6) is 0 Å². The number of carbonyl (C=O) groups excluding carboxylic acids is 1. The van der Waals surface area contributed by atoms with E-state index in [4.69, 9.17) is 11.6 Å². The van der Waals surface area contributed by atoms with E-state index in [1.165, 1.54) is 4.68 Å². The van der Waals surface area contributed by atoms with E-state index in [-0.39, 0.29) is 17.2 Å². The molecule has 1 aromatic heterocycles. The summed E-state index contributed by atoms with van der Waals surface area (Å²) in [5.41, 5.74) is 0.933. The summed E-state index contributed by atoms with van der Waals surface area (Å²) >= 11 is 6.18. The predicted molar refractivity (Wildman–Crippen MR) is 98.9 cm³/mol. The van der Waals surface area contributed by atoms with E-state index in [0.29, 0.717) is 28.9 Å². The van der Waals surface area contributed by atoms with Crippen molar-refractivity contribution >= 4 is 28.3 Å². The molecule has 2 aromatic carbocycles. The van der Waals surface area contributed by atoms with Crippen molar-refractivity contribution in [2.75, 3.05) is 7.05 Å². The molecular weight excluding hydrogens is 338 g/mol. The van der Waals surface area contributed by atoms with Gasteiger partial charge in [0.25, 0.3) is 11.5 Å². The number of aryl methyl sites for hydroxylation is 1. The first-order valence-corrected chi connectivity index (χ1v) is 8.39. The van der Waals surface area contributed by atoms with Gasteiger partial charge in [0, 0.05) is 30.5 Å². The summed E-state index contributed by atoms with van der Waals surface area (Å²) < 4.78 is 1.32. The van der Waals surface area contributed by atoms with Crippen LogP contribution in [0.1, 0.15) is 23.0 Å². The molecule has 5 nitrogen and oxygen atoms in total. The minimum absolute atomic E-state index is 0.191. The Morgan fingerprint density at radius 3 is 2.44 bits per heavy atom. The predicted octanol–water partition coefficient (Wildman–Crippen LogP) is 3.34. The minimum Gasteiger partial charge on any atom is -0.336 e. The van der Waals surface area contributed by atoms with Crippen LogP contribution in [0.4, 0.5) is 0 Å². The number of hydrogen-bond donors (Lipinski definition) is 0. The Morgan fingerprint density at radius 2 is 1.76 bits per heavy atom. The Bertz CT molecular complexity index is 997. The number of rotatable bonds is 4. The van der Waals surface area contributed by atoms with Crippen molar-refractivity contribution in [1.82, 2.24) is 14.7 Å². The van der Waals surface area contributed by atoms with Crippen LogP contribution >= 0.6 is 11.6 Å². The van der Waals surface area contributed by atoms with Crippen molar-refractivity contribution in [2.45, 2.75) is 20.0 Å². The topological polar surface area (TPSA) is 55.2 Å². The molecule has 0 saturated carbocycles. The normalized spacial score (nSPS) is 10.8. The average Bonchev–Trinajstić information content (AvgIpc) is 2.63. The van der Waals surface area contributed by atoms with Crippen molar-refractivity contribution in [3.05, 3.63) is 75.2 Å². The zero-order valence-electron chi connectivity index (χ0n) is 14.1. The molecule has 0 aliphatic carbocycles. The zero-order valence-corrected chi connectivity index (χ0v) is 14.8. The van der Waals surface area contributed by atoms with Crippen LogP contribution in [-0.4, -0.2) is 27.6 Å². The monoisotopic (exact) mass is 355 g/mol. The molecule has 0 N–H and O–H groups in total. The van der Waals surface area contributed by atoms with Gasteiger partial charge >= 0.3 is 0 Å². The van der Waals surface area contributed by atoms with Crippen molar-refractivity contribution in [3.63, 3.8) is 0 Å². The molecule has 0 saturated heterocycles. The SMILES string of the molecule is CCn1nc(C(=O)N(C)Cc2ccccc2Cl)c2ccccc2c1=O. The van der Waals surface area contributed by atoms with E-state index in [0.717, 1.165) is 5.56 Å². The summed E-state index contributed by atoms with van der Waals surface area (Å²) in [6, 6.07) is 14.4. The third kappa shape index (κ3) is 3.28. The van der Waals surface area contributed by atoms with E-state index in [9.17, 15) is 9.59 Å². The van der Waals surface area contributed by atoms with Crippen LogP contribution in [-0.2, 0) is 13.1 Å². The number of hydrogen-bond acceptors (Lipinski definition) is 3. The smallest absolute Gasteiger partial charge is 0.274 e. The van der Waals surface area contributed by atoms with Gasteiger partial charge in [0.1, 0.15) is 0 Å². The molecule has 0 atom stereocenters. The van der Waals surface area contributed by atoms with Crippen molar-refractivity contribution in [3.8, 4) is 0 Å². The quantitative estimate of drug-likeness (QED) is 0.721. The van der Waals surface area contributed by atoms with Gasteiger partial charge in [-0.3, -0.25) is 9.59 Å². The molecule has 128 valence electrons. The third-order valence-electron chi connectivity index (χ3n) is 4.08. The highest BCUT2D eigenvalue weighted by Gasteiger charge is 2.20. The standard InChI is InChI=1S/C19H18ClN3O2/c1-3-23-18(24)15-10-6-5-9-14(15)17(21-23)19(25)22(2)12-13-8-4-7-11-16(13)20/h4-11H,3,12H2,1-2H3. The maximum Gasteiger partial charge on any atom is 0.274 e. The molecule has 0 radical (unpaired) electrons. The summed E-state index contributed by atoms with van der Waals surface area (Å²) in [7, 11) is 1.70. The van der Waals surface area contributed by atoms with Crippen LogP contribution in [0.3, 0.4) is 0 Å². The van der Waals surface area contributed by atoms with E-state index in [2.05, 4.69) is 5.10 Å². The number of halogens is 1. The average molecular weight is 356 g/mol. The molecule has 0 unspecified atom stereocenters. The van der Waals surface area contributed by atoms with Crippen LogP contribution in [0.2, 0.25) is 5.02 Å². The molecule has 3 aromatic rings. The van der Waals surface area contributed by atoms with Crippen LogP contribution in [0.25, 0.3) is 10.8 Å². The highest BCUT2D eigenvalue weighted by Crippen LogP contribution is 2.19. The van der Waals surface area contributed by atoms with Crippen LogP contribution in [0.15, 0.2) is 53.3 Å². The highest BCUT2D eigenvalue weighted by atomic mass is 35.5. The molecular formula is C19H18ClN3O2. The van der Waals surface area contributed by atoms with Gasteiger partial charge in [-0.25, -0.2) is 4.68 Å². The van der Waals surface area contributed by atoms with E-state index < -0.39 is 0 Å². The number of carbonyl (C=O) groups is 1. The van der Waals surface area contributed by atoms with Gasteiger partial charge in [-0.15, -0.1) is 0 Å². The molecule has 6 heteroatoms. The number of fused-ring (bicyclic) bond motifs is 1. The Morgan fingerprint density at radius 1 is 1.12 bits per heavy atom. The maximum atomic E-state index is 13.0. The van der Waals surface area contributed by atoms with Crippen molar-refractivity contribution < 1.29 is 4.79 Å². The molecule has 1 amide bonds. The summed E-state index contributed by atoms with van der Waals surface area (Å²) in [5, 5.41) is 5.95. The Kier molecular flexibility index (Phi) is 4.86. The lowest BCUT2D eigenvalue weighted by Crippen LogP contribution is -2.31. The number of nitrogens with zero attached hydrogens (tertiary/aromatic N) is 3. The lowest BCUT2D eigenvalue weighted by atomic mass is 10.1. The summed E-state index contributed by atoms with van der Waals surface area (Å²) in [4.78, 5) is 26.9. The summed E-state index contributed by atoms with van der Waals surface area (Å²) in [6.45, 7) is 2.59. The second kappa shape index (κ2) is 7.07. The van der Waals surface area contributed by atoms with Crippen LogP contribution < -0.4 is 5.56 Å². The Hall–Kier alpha value is -2.66. The molecule has 1 heterocycles. The Labute approximate surface area is 150 Å². The number of benzene rings is 2. The zero-order chi connectivity index (χ0) is 18.0. The van der Waals surface area contributed by atoms with Gasteiger partial charge in [0.2, 0.25) is 0 Å². The molecule has 0 aliphatic rings. The molecule has 0 spiro atoms. The van der Waals surface area contributed by atoms with Crippen LogP contribution in [0, 0.1) is 0 Å². The van der Waals surface area contributed by atoms with Crippen molar-refractivity contribution in [2.24, 2.45) is 0 Å². The van der Waals surface area contributed by atoms with Crippen molar-refractivity contribution in [1.29, 1.82) is 0 Å². The first kappa shape index (κ1) is 17.2. The second-order valence-corrected chi connectivity index (χ2v) is 6.17. The molecule has 0 fully saturated rings.